The molecule has 0 saturated carbocycles. The molecule has 2 nitrogen and oxygen atoms in total. The highest BCUT2D eigenvalue weighted by Gasteiger charge is 2.29. The van der Waals surface area contributed by atoms with E-state index in [2.05, 4.69) is 34.6 Å². The Labute approximate surface area is 203 Å². The molecule has 0 amide bonds. The Morgan fingerprint density at radius 1 is 0.606 bits per heavy atom. The normalized spacial score (nSPS) is 16.8. The topological polar surface area (TPSA) is 34.1 Å². The molecular formula is C31H48O2. The van der Waals surface area contributed by atoms with Crippen LogP contribution in [0.15, 0.2) is 35.4 Å². The zero-order valence-electron chi connectivity index (χ0n) is 22.2. The number of hydrogen-bond donors (Lipinski definition) is 0. The van der Waals surface area contributed by atoms with Gasteiger partial charge in [0.2, 0.25) is 0 Å². The lowest BCUT2D eigenvalue weighted by molar-refractivity contribution is 0.0971. The SMILES string of the molecule is CC1=C(CC[C@H](C)CCC[C@H](C)CCC[C@H](C)CCCC(C)C)C(=O)c2ccccc2C1=O. The third-order valence-corrected chi connectivity index (χ3v) is 7.64. The van der Waals surface area contributed by atoms with Crippen molar-refractivity contribution in [3.63, 3.8) is 0 Å². The molecule has 0 fully saturated rings. The average Bonchev–Trinajstić information content (AvgIpc) is 2.77. The highest BCUT2D eigenvalue weighted by atomic mass is 16.1. The molecule has 3 atom stereocenters. The summed E-state index contributed by atoms with van der Waals surface area (Å²) in [6.45, 7) is 13.6. The molecular weight excluding hydrogens is 404 g/mol. The van der Waals surface area contributed by atoms with E-state index in [0.717, 1.165) is 36.2 Å². The van der Waals surface area contributed by atoms with Crippen LogP contribution in [0.1, 0.15) is 133 Å². The van der Waals surface area contributed by atoms with Gasteiger partial charge in [-0.15, -0.1) is 0 Å². The van der Waals surface area contributed by atoms with Crippen LogP contribution in [0.4, 0.5) is 0 Å². The lowest BCUT2D eigenvalue weighted by Gasteiger charge is -2.20. The molecule has 1 aromatic carbocycles. The van der Waals surface area contributed by atoms with Crippen molar-refractivity contribution in [3.8, 4) is 0 Å². The summed E-state index contributed by atoms with van der Waals surface area (Å²) in [4.78, 5) is 25.6. The molecule has 184 valence electrons. The van der Waals surface area contributed by atoms with Crippen molar-refractivity contribution in [1.82, 2.24) is 0 Å². The number of ketones is 2. The highest BCUT2D eigenvalue weighted by Crippen LogP contribution is 2.30. The van der Waals surface area contributed by atoms with Crippen LogP contribution in [-0.4, -0.2) is 11.6 Å². The summed E-state index contributed by atoms with van der Waals surface area (Å²) in [5, 5.41) is 0. The first kappa shape index (κ1) is 27.5. The minimum Gasteiger partial charge on any atom is -0.289 e. The minimum atomic E-state index is 0.0240. The van der Waals surface area contributed by atoms with Gasteiger partial charge in [-0.1, -0.05) is 117 Å². The Hall–Kier alpha value is -1.70. The number of carbonyl (C=O) groups is 2. The van der Waals surface area contributed by atoms with Gasteiger partial charge in [-0.3, -0.25) is 9.59 Å². The second-order valence-corrected chi connectivity index (χ2v) is 11.3. The van der Waals surface area contributed by atoms with Crippen molar-refractivity contribution >= 4 is 11.6 Å². The summed E-state index contributed by atoms with van der Waals surface area (Å²) in [6, 6.07) is 7.24. The van der Waals surface area contributed by atoms with Crippen molar-refractivity contribution in [2.45, 2.75) is 112 Å². The summed E-state index contributed by atoms with van der Waals surface area (Å²) < 4.78 is 0. The molecule has 0 spiro atoms. The molecule has 33 heavy (non-hydrogen) atoms. The zero-order valence-corrected chi connectivity index (χ0v) is 22.2. The van der Waals surface area contributed by atoms with Crippen LogP contribution in [0.5, 0.6) is 0 Å². The van der Waals surface area contributed by atoms with Gasteiger partial charge in [-0.05, 0) is 43.4 Å². The van der Waals surface area contributed by atoms with Crippen LogP contribution in [0, 0.1) is 23.7 Å². The standard InChI is InChI=1S/C31H48O2/c1-22(2)12-9-13-23(3)14-10-15-24(4)16-11-17-25(5)20-21-27-26(6)30(32)28-18-7-8-19-29(28)31(27)33/h7-8,18-19,22-25H,9-17,20-21H2,1-6H3/t23-,24-,25-/m1/s1. The Morgan fingerprint density at radius 3 is 1.52 bits per heavy atom. The first-order chi connectivity index (χ1) is 15.7. The van der Waals surface area contributed by atoms with Crippen LogP contribution < -0.4 is 0 Å². The third-order valence-electron chi connectivity index (χ3n) is 7.64. The molecule has 0 unspecified atom stereocenters. The fourth-order valence-corrected chi connectivity index (χ4v) is 5.18. The fraction of sp³-hybridized carbons (Fsp3) is 0.677. The predicted molar refractivity (Wildman–Crippen MR) is 141 cm³/mol. The van der Waals surface area contributed by atoms with Gasteiger partial charge >= 0.3 is 0 Å². The number of benzene rings is 1. The summed E-state index contributed by atoms with van der Waals surface area (Å²) >= 11 is 0. The molecule has 1 aliphatic rings. The lowest BCUT2D eigenvalue weighted by Crippen LogP contribution is -2.21. The molecule has 0 aliphatic heterocycles. The van der Waals surface area contributed by atoms with Gasteiger partial charge in [0.1, 0.15) is 0 Å². The molecule has 1 aliphatic carbocycles. The zero-order chi connectivity index (χ0) is 24.4. The summed E-state index contributed by atoms with van der Waals surface area (Å²) in [7, 11) is 0. The second kappa shape index (κ2) is 13.9. The van der Waals surface area contributed by atoms with Gasteiger partial charge in [-0.25, -0.2) is 0 Å². The van der Waals surface area contributed by atoms with Gasteiger partial charge in [0.25, 0.3) is 0 Å². The Kier molecular flexibility index (Phi) is 11.6. The van der Waals surface area contributed by atoms with E-state index >= 15 is 0 Å². The van der Waals surface area contributed by atoms with E-state index in [9.17, 15) is 9.59 Å². The average molecular weight is 453 g/mol. The van der Waals surface area contributed by atoms with Gasteiger partial charge < -0.3 is 0 Å². The predicted octanol–water partition coefficient (Wildman–Crippen LogP) is 9.24. The summed E-state index contributed by atoms with van der Waals surface area (Å²) in [5.74, 6) is 3.17. The molecule has 2 heteroatoms. The second-order valence-electron chi connectivity index (χ2n) is 11.3. The maximum Gasteiger partial charge on any atom is 0.190 e. The van der Waals surface area contributed by atoms with Crippen LogP contribution in [0.3, 0.4) is 0 Å². The largest absolute Gasteiger partial charge is 0.289 e. The number of allylic oxidation sites excluding steroid dienone is 2. The van der Waals surface area contributed by atoms with Crippen molar-refractivity contribution in [2.75, 3.05) is 0 Å². The quantitative estimate of drug-likeness (QED) is 0.266. The Balaban J connectivity index is 1.64. The van der Waals surface area contributed by atoms with Gasteiger partial charge in [-0.2, -0.15) is 0 Å². The molecule has 0 heterocycles. The van der Waals surface area contributed by atoms with E-state index in [1.165, 1.54) is 57.8 Å². The molecule has 0 radical (unpaired) electrons. The lowest BCUT2D eigenvalue weighted by atomic mass is 9.81. The van der Waals surface area contributed by atoms with Gasteiger partial charge in [0.05, 0.1) is 0 Å². The van der Waals surface area contributed by atoms with Gasteiger partial charge in [0, 0.05) is 22.3 Å². The minimum absolute atomic E-state index is 0.0240. The monoisotopic (exact) mass is 452 g/mol. The highest BCUT2D eigenvalue weighted by molar-refractivity contribution is 6.26. The van der Waals surface area contributed by atoms with E-state index in [0.29, 0.717) is 22.6 Å². The Morgan fingerprint density at radius 2 is 1.03 bits per heavy atom. The third kappa shape index (κ3) is 8.87. The molecule has 2 rings (SSSR count). The van der Waals surface area contributed by atoms with Crippen molar-refractivity contribution in [1.29, 1.82) is 0 Å². The number of hydrogen-bond acceptors (Lipinski definition) is 2. The van der Waals surface area contributed by atoms with E-state index in [1.54, 1.807) is 12.1 Å². The fourth-order valence-electron chi connectivity index (χ4n) is 5.18. The molecule has 1 aromatic rings. The van der Waals surface area contributed by atoms with Crippen LogP contribution >= 0.6 is 0 Å². The molecule has 0 saturated heterocycles. The van der Waals surface area contributed by atoms with Crippen molar-refractivity contribution < 1.29 is 9.59 Å². The van der Waals surface area contributed by atoms with E-state index in [1.807, 2.05) is 19.1 Å². The van der Waals surface area contributed by atoms with Crippen LogP contribution in [0.2, 0.25) is 0 Å². The molecule has 0 N–H and O–H groups in total. The van der Waals surface area contributed by atoms with E-state index in [4.69, 9.17) is 0 Å². The number of Topliss-reactive ketones (excluding diaryl/α,β-unsaturated/α-hetero) is 2. The Bertz CT molecular complexity index is 801. The van der Waals surface area contributed by atoms with Crippen molar-refractivity contribution in [2.24, 2.45) is 23.7 Å². The number of carbonyl (C=O) groups excluding carboxylic acids is 2. The maximum absolute atomic E-state index is 12.9. The number of rotatable bonds is 15. The van der Waals surface area contributed by atoms with Crippen LogP contribution in [0.25, 0.3) is 0 Å². The summed E-state index contributed by atoms with van der Waals surface area (Å²) in [5.41, 5.74) is 2.54. The van der Waals surface area contributed by atoms with Crippen molar-refractivity contribution in [3.05, 3.63) is 46.5 Å². The maximum atomic E-state index is 12.9. The molecule has 0 aromatic heterocycles. The molecule has 0 bridgehead atoms. The number of fused-ring (bicyclic) bond motifs is 1. The van der Waals surface area contributed by atoms with E-state index in [-0.39, 0.29) is 11.6 Å². The summed E-state index contributed by atoms with van der Waals surface area (Å²) in [6.07, 6.45) is 13.7. The van der Waals surface area contributed by atoms with E-state index < -0.39 is 0 Å². The van der Waals surface area contributed by atoms with Crippen LogP contribution in [-0.2, 0) is 0 Å². The smallest absolute Gasteiger partial charge is 0.190 e. The first-order valence-corrected chi connectivity index (χ1v) is 13.6. The first-order valence-electron chi connectivity index (χ1n) is 13.6. The van der Waals surface area contributed by atoms with Gasteiger partial charge in [0.15, 0.2) is 11.6 Å².